The van der Waals surface area contributed by atoms with E-state index in [4.69, 9.17) is 27.9 Å². The Hall–Kier alpha value is -2.04. The lowest BCUT2D eigenvalue weighted by Gasteiger charge is -2.30. The van der Waals surface area contributed by atoms with Gasteiger partial charge in [-0.15, -0.1) is 0 Å². The van der Waals surface area contributed by atoms with Crippen LogP contribution in [0.2, 0.25) is 10.0 Å². The Kier molecular flexibility index (Phi) is 9.86. The first-order chi connectivity index (χ1) is 14.7. The largest absolute Gasteiger partial charge is 0.458 e. The van der Waals surface area contributed by atoms with Crippen molar-refractivity contribution in [2.75, 3.05) is 6.54 Å². The molecule has 0 saturated carbocycles. The zero-order valence-corrected chi connectivity index (χ0v) is 20.0. The molecule has 0 fully saturated rings. The molecule has 0 saturated heterocycles. The molecule has 1 amide bonds. The van der Waals surface area contributed by atoms with Crippen LogP contribution in [0.5, 0.6) is 0 Å². The fraction of sp³-hybridized carbons (Fsp3) is 0.440. The highest BCUT2D eigenvalue weighted by atomic mass is 35.5. The standard InChI is InChI=1S/C25H31Cl2NO3/c1-16(2)13-20(15-28-24(29)18-5-9-21(26)10-6-18)23(14-17(3)4)31-25(30)19-7-11-22(27)12-8-19/h5-12,16-17,20,23H,13-15H2,1-4H3,(H,28,29). The predicted molar refractivity (Wildman–Crippen MR) is 127 cm³/mol. The summed E-state index contributed by atoms with van der Waals surface area (Å²) < 4.78 is 5.95. The molecule has 2 aromatic carbocycles. The quantitative estimate of drug-likeness (QED) is 0.400. The van der Waals surface area contributed by atoms with E-state index in [1.807, 2.05) is 0 Å². The number of benzene rings is 2. The van der Waals surface area contributed by atoms with Crippen molar-refractivity contribution in [3.63, 3.8) is 0 Å². The summed E-state index contributed by atoms with van der Waals surface area (Å²) in [6, 6.07) is 13.5. The van der Waals surface area contributed by atoms with Gasteiger partial charge in [0.25, 0.3) is 5.91 Å². The third kappa shape index (κ3) is 8.54. The van der Waals surface area contributed by atoms with Gasteiger partial charge in [-0.25, -0.2) is 4.79 Å². The van der Waals surface area contributed by atoms with Crippen LogP contribution in [-0.4, -0.2) is 24.5 Å². The van der Waals surface area contributed by atoms with Crippen molar-refractivity contribution in [2.24, 2.45) is 17.8 Å². The van der Waals surface area contributed by atoms with Crippen molar-refractivity contribution in [3.8, 4) is 0 Å². The van der Waals surface area contributed by atoms with Gasteiger partial charge < -0.3 is 10.1 Å². The van der Waals surface area contributed by atoms with Crippen LogP contribution in [0, 0.1) is 17.8 Å². The molecule has 0 aliphatic rings. The summed E-state index contributed by atoms with van der Waals surface area (Å²) in [4.78, 5) is 25.4. The number of ether oxygens (including phenoxy) is 1. The number of hydrogen-bond acceptors (Lipinski definition) is 3. The Labute approximate surface area is 195 Å². The van der Waals surface area contributed by atoms with Gasteiger partial charge in [0, 0.05) is 28.1 Å². The van der Waals surface area contributed by atoms with Crippen molar-refractivity contribution in [2.45, 2.75) is 46.6 Å². The fourth-order valence-corrected chi connectivity index (χ4v) is 3.74. The summed E-state index contributed by atoms with van der Waals surface area (Å²) in [6.07, 6.45) is 1.23. The van der Waals surface area contributed by atoms with Crippen molar-refractivity contribution in [3.05, 3.63) is 69.7 Å². The second-order valence-corrected chi connectivity index (χ2v) is 9.56. The van der Waals surface area contributed by atoms with Gasteiger partial charge in [-0.1, -0.05) is 50.9 Å². The topological polar surface area (TPSA) is 55.4 Å². The van der Waals surface area contributed by atoms with Crippen LogP contribution < -0.4 is 5.32 Å². The lowest BCUT2D eigenvalue weighted by Crippen LogP contribution is -2.38. The van der Waals surface area contributed by atoms with Crippen molar-refractivity contribution in [1.29, 1.82) is 0 Å². The third-order valence-corrected chi connectivity index (χ3v) is 5.48. The molecule has 0 bridgehead atoms. The summed E-state index contributed by atoms with van der Waals surface area (Å²) >= 11 is 11.8. The van der Waals surface area contributed by atoms with Gasteiger partial charge in [0.2, 0.25) is 0 Å². The second kappa shape index (κ2) is 12.1. The summed E-state index contributed by atoms with van der Waals surface area (Å²) in [7, 11) is 0. The highest BCUT2D eigenvalue weighted by Gasteiger charge is 2.28. The molecule has 4 nitrogen and oxygen atoms in total. The van der Waals surface area contributed by atoms with Crippen molar-refractivity contribution < 1.29 is 14.3 Å². The van der Waals surface area contributed by atoms with Crippen LogP contribution in [0.15, 0.2) is 48.5 Å². The number of amides is 1. The van der Waals surface area contributed by atoms with E-state index >= 15 is 0 Å². The average Bonchev–Trinajstić information content (AvgIpc) is 2.70. The van der Waals surface area contributed by atoms with E-state index in [1.54, 1.807) is 48.5 Å². The van der Waals surface area contributed by atoms with Crippen LogP contribution in [0.4, 0.5) is 0 Å². The monoisotopic (exact) mass is 463 g/mol. The molecule has 0 spiro atoms. The maximum atomic E-state index is 12.8. The molecular formula is C25H31Cl2NO3. The highest BCUT2D eigenvalue weighted by Crippen LogP contribution is 2.25. The minimum Gasteiger partial charge on any atom is -0.458 e. The van der Waals surface area contributed by atoms with Crippen LogP contribution in [-0.2, 0) is 4.74 Å². The number of halogens is 2. The summed E-state index contributed by atoms with van der Waals surface area (Å²) in [5.41, 5.74) is 1.01. The second-order valence-electron chi connectivity index (χ2n) is 8.69. The molecule has 0 aromatic heterocycles. The van der Waals surface area contributed by atoms with E-state index in [0.29, 0.717) is 46.0 Å². The van der Waals surface area contributed by atoms with Gasteiger partial charge in [-0.2, -0.15) is 0 Å². The zero-order valence-electron chi connectivity index (χ0n) is 18.5. The van der Waals surface area contributed by atoms with E-state index < -0.39 is 0 Å². The maximum absolute atomic E-state index is 12.8. The molecule has 31 heavy (non-hydrogen) atoms. The number of carbonyl (C=O) groups excluding carboxylic acids is 2. The Morgan fingerprint density at radius 1 is 0.806 bits per heavy atom. The summed E-state index contributed by atoms with van der Waals surface area (Å²) in [6.45, 7) is 8.87. The van der Waals surface area contributed by atoms with Crippen LogP contribution >= 0.6 is 23.2 Å². The van der Waals surface area contributed by atoms with Crippen LogP contribution in [0.1, 0.15) is 61.3 Å². The normalized spacial score (nSPS) is 13.2. The third-order valence-electron chi connectivity index (χ3n) is 4.97. The number of hydrogen-bond donors (Lipinski definition) is 1. The maximum Gasteiger partial charge on any atom is 0.338 e. The summed E-state index contributed by atoms with van der Waals surface area (Å²) in [5.74, 6) is 0.179. The van der Waals surface area contributed by atoms with Crippen LogP contribution in [0.25, 0.3) is 0 Å². The fourth-order valence-electron chi connectivity index (χ4n) is 3.49. The zero-order chi connectivity index (χ0) is 23.0. The molecule has 2 unspecified atom stereocenters. The molecule has 1 N–H and O–H groups in total. The lowest BCUT2D eigenvalue weighted by molar-refractivity contribution is 0.00395. The predicted octanol–water partition coefficient (Wildman–Crippen LogP) is 6.66. The molecular weight excluding hydrogens is 433 g/mol. The molecule has 0 aliphatic heterocycles. The molecule has 2 atom stereocenters. The van der Waals surface area contributed by atoms with Gasteiger partial charge in [-0.05, 0) is 73.2 Å². The molecule has 168 valence electrons. The van der Waals surface area contributed by atoms with E-state index in [1.165, 1.54) is 0 Å². The molecule has 0 heterocycles. The van der Waals surface area contributed by atoms with Gasteiger partial charge in [0.1, 0.15) is 6.10 Å². The van der Waals surface area contributed by atoms with E-state index in [0.717, 1.165) is 6.42 Å². The molecule has 2 rings (SSSR count). The van der Waals surface area contributed by atoms with E-state index in [2.05, 4.69) is 33.0 Å². The van der Waals surface area contributed by atoms with Gasteiger partial charge >= 0.3 is 5.97 Å². The lowest BCUT2D eigenvalue weighted by atomic mass is 9.87. The molecule has 6 heteroatoms. The number of esters is 1. The average molecular weight is 464 g/mol. The first-order valence-electron chi connectivity index (χ1n) is 10.7. The molecule has 0 aliphatic carbocycles. The first kappa shape index (κ1) is 25.2. The van der Waals surface area contributed by atoms with Gasteiger partial charge in [-0.3, -0.25) is 4.79 Å². The van der Waals surface area contributed by atoms with Gasteiger partial charge in [0.15, 0.2) is 0 Å². The Bertz CT molecular complexity index is 848. The Morgan fingerprint density at radius 2 is 1.29 bits per heavy atom. The highest BCUT2D eigenvalue weighted by molar-refractivity contribution is 6.31. The van der Waals surface area contributed by atoms with E-state index in [9.17, 15) is 9.59 Å². The molecule has 0 radical (unpaired) electrons. The number of nitrogens with one attached hydrogen (secondary N) is 1. The van der Waals surface area contributed by atoms with Crippen molar-refractivity contribution >= 4 is 35.1 Å². The van der Waals surface area contributed by atoms with Crippen molar-refractivity contribution in [1.82, 2.24) is 5.32 Å². The Balaban J connectivity index is 2.14. The van der Waals surface area contributed by atoms with Gasteiger partial charge in [0.05, 0.1) is 5.56 Å². The minimum absolute atomic E-state index is 0.00472. The smallest absolute Gasteiger partial charge is 0.338 e. The Morgan fingerprint density at radius 3 is 1.77 bits per heavy atom. The van der Waals surface area contributed by atoms with E-state index in [-0.39, 0.29) is 23.9 Å². The minimum atomic E-state index is -0.375. The SMILES string of the molecule is CC(C)CC(CNC(=O)c1ccc(Cl)cc1)C(CC(C)C)OC(=O)c1ccc(Cl)cc1. The molecule has 2 aromatic rings. The number of carbonyl (C=O) groups is 2. The van der Waals surface area contributed by atoms with Crippen LogP contribution in [0.3, 0.4) is 0 Å². The first-order valence-corrected chi connectivity index (χ1v) is 11.4. The summed E-state index contributed by atoms with van der Waals surface area (Å²) in [5, 5.41) is 4.16. The number of rotatable bonds is 10.